The molecule has 106 valence electrons. The summed E-state index contributed by atoms with van der Waals surface area (Å²) in [6.07, 6.45) is 7.02. The zero-order valence-corrected chi connectivity index (χ0v) is 12.5. The molecule has 0 aromatic carbocycles. The predicted molar refractivity (Wildman–Crippen MR) is 75.4 cm³/mol. The highest BCUT2D eigenvalue weighted by atomic mass is 32.2. The van der Waals surface area contributed by atoms with Gasteiger partial charge < -0.3 is 5.32 Å². The highest BCUT2D eigenvalue weighted by Gasteiger charge is 2.42. The van der Waals surface area contributed by atoms with E-state index in [1.165, 1.54) is 6.42 Å². The third-order valence-electron chi connectivity index (χ3n) is 4.69. The standard InChI is InChI=1S/C14H27NO2S/c1-3-15-13-8-5-9-14(13)18(16,17)12-7-4-6-11(2)10-12/h11-15H,3-10H2,1-2H3. The van der Waals surface area contributed by atoms with Crippen LogP contribution in [0.15, 0.2) is 0 Å². The first-order chi connectivity index (χ1) is 8.55. The van der Waals surface area contributed by atoms with Crippen molar-refractivity contribution in [3.05, 3.63) is 0 Å². The Morgan fingerprint density at radius 3 is 2.50 bits per heavy atom. The second-order valence-corrected chi connectivity index (χ2v) is 8.57. The molecule has 0 aromatic rings. The summed E-state index contributed by atoms with van der Waals surface area (Å²) in [5, 5.41) is 3.19. The van der Waals surface area contributed by atoms with Gasteiger partial charge in [-0.2, -0.15) is 0 Å². The molecule has 4 atom stereocenters. The number of hydrogen-bond acceptors (Lipinski definition) is 3. The zero-order chi connectivity index (χ0) is 13.2. The van der Waals surface area contributed by atoms with Crippen LogP contribution in [0, 0.1) is 5.92 Å². The van der Waals surface area contributed by atoms with E-state index in [1.54, 1.807) is 0 Å². The van der Waals surface area contributed by atoms with Gasteiger partial charge in [-0.1, -0.05) is 33.1 Å². The molecule has 2 aliphatic rings. The van der Waals surface area contributed by atoms with Crippen molar-refractivity contribution >= 4 is 9.84 Å². The Bertz CT molecular complexity index is 366. The fourth-order valence-corrected chi connectivity index (χ4v) is 6.51. The molecule has 3 nitrogen and oxygen atoms in total. The topological polar surface area (TPSA) is 46.2 Å². The molecule has 0 radical (unpaired) electrons. The molecule has 2 fully saturated rings. The average Bonchev–Trinajstić information content (AvgIpc) is 2.78. The van der Waals surface area contributed by atoms with Gasteiger partial charge in [0.2, 0.25) is 0 Å². The van der Waals surface area contributed by atoms with E-state index in [2.05, 4.69) is 19.2 Å². The Morgan fingerprint density at radius 1 is 1.11 bits per heavy atom. The lowest BCUT2D eigenvalue weighted by Crippen LogP contribution is -2.45. The number of sulfone groups is 1. The maximum atomic E-state index is 12.8. The Balaban J connectivity index is 2.09. The van der Waals surface area contributed by atoms with E-state index in [-0.39, 0.29) is 16.5 Å². The van der Waals surface area contributed by atoms with Gasteiger partial charge in [0.25, 0.3) is 0 Å². The van der Waals surface area contributed by atoms with Crippen molar-refractivity contribution in [2.45, 2.75) is 75.3 Å². The van der Waals surface area contributed by atoms with Gasteiger partial charge in [0.15, 0.2) is 9.84 Å². The van der Waals surface area contributed by atoms with Crippen molar-refractivity contribution in [1.82, 2.24) is 5.32 Å². The van der Waals surface area contributed by atoms with E-state index in [4.69, 9.17) is 0 Å². The van der Waals surface area contributed by atoms with Crippen molar-refractivity contribution < 1.29 is 8.42 Å². The molecule has 0 bridgehead atoms. The summed E-state index contributed by atoms with van der Waals surface area (Å²) in [6, 6.07) is 0.206. The van der Waals surface area contributed by atoms with Crippen molar-refractivity contribution in [1.29, 1.82) is 0 Å². The molecule has 4 heteroatoms. The molecule has 2 saturated carbocycles. The van der Waals surface area contributed by atoms with Gasteiger partial charge in [0, 0.05) is 6.04 Å². The molecule has 0 heterocycles. The van der Waals surface area contributed by atoms with Crippen LogP contribution in [0.1, 0.15) is 58.8 Å². The van der Waals surface area contributed by atoms with Crippen LogP contribution >= 0.6 is 0 Å². The second-order valence-electron chi connectivity index (χ2n) is 6.12. The fourth-order valence-electron chi connectivity index (χ4n) is 3.74. The molecule has 0 spiro atoms. The maximum Gasteiger partial charge on any atom is 0.157 e. The third kappa shape index (κ3) is 2.90. The minimum atomic E-state index is -2.93. The van der Waals surface area contributed by atoms with Crippen LogP contribution in [0.25, 0.3) is 0 Å². The van der Waals surface area contributed by atoms with Gasteiger partial charge in [-0.15, -0.1) is 0 Å². The Labute approximate surface area is 112 Å². The first-order valence-corrected chi connectivity index (χ1v) is 9.12. The summed E-state index contributed by atoms with van der Waals surface area (Å²) in [5.74, 6) is 0.581. The second kappa shape index (κ2) is 5.91. The van der Waals surface area contributed by atoms with Crippen LogP contribution in [0.2, 0.25) is 0 Å². The van der Waals surface area contributed by atoms with Crippen LogP contribution in [0.3, 0.4) is 0 Å². The summed E-state index contributed by atoms with van der Waals surface area (Å²) in [4.78, 5) is 0. The maximum absolute atomic E-state index is 12.8. The summed E-state index contributed by atoms with van der Waals surface area (Å²) >= 11 is 0. The molecule has 2 rings (SSSR count). The normalized spacial score (nSPS) is 37.9. The van der Waals surface area contributed by atoms with Crippen molar-refractivity contribution in [2.24, 2.45) is 5.92 Å². The van der Waals surface area contributed by atoms with Gasteiger partial charge in [0.05, 0.1) is 10.5 Å². The quantitative estimate of drug-likeness (QED) is 0.856. The SMILES string of the molecule is CCNC1CCCC1S(=O)(=O)C1CCCC(C)C1. The van der Waals surface area contributed by atoms with Gasteiger partial charge in [-0.3, -0.25) is 0 Å². The lowest BCUT2D eigenvalue weighted by Gasteiger charge is -2.31. The molecule has 0 amide bonds. The highest BCUT2D eigenvalue weighted by molar-refractivity contribution is 7.92. The van der Waals surface area contributed by atoms with Crippen LogP contribution in [-0.4, -0.2) is 31.5 Å². The Kier molecular flexibility index (Phi) is 4.70. The van der Waals surface area contributed by atoms with Gasteiger partial charge in [-0.25, -0.2) is 8.42 Å². The van der Waals surface area contributed by atoms with Crippen LogP contribution in [0.4, 0.5) is 0 Å². The van der Waals surface area contributed by atoms with Crippen molar-refractivity contribution in [3.8, 4) is 0 Å². The minimum absolute atomic E-state index is 0.0643. The molecular weight excluding hydrogens is 246 g/mol. The van der Waals surface area contributed by atoms with E-state index in [1.807, 2.05) is 0 Å². The highest BCUT2D eigenvalue weighted by Crippen LogP contribution is 2.35. The van der Waals surface area contributed by atoms with Crippen molar-refractivity contribution in [3.63, 3.8) is 0 Å². The molecule has 0 aliphatic heterocycles. The monoisotopic (exact) mass is 273 g/mol. The molecule has 18 heavy (non-hydrogen) atoms. The lowest BCUT2D eigenvalue weighted by atomic mass is 9.90. The molecule has 1 N–H and O–H groups in total. The van der Waals surface area contributed by atoms with Crippen LogP contribution < -0.4 is 5.32 Å². The van der Waals surface area contributed by atoms with Crippen LogP contribution in [-0.2, 0) is 9.84 Å². The third-order valence-corrected chi connectivity index (χ3v) is 7.46. The van der Waals surface area contributed by atoms with E-state index in [0.29, 0.717) is 5.92 Å². The van der Waals surface area contributed by atoms with Crippen molar-refractivity contribution in [2.75, 3.05) is 6.54 Å². The largest absolute Gasteiger partial charge is 0.313 e. The lowest BCUT2D eigenvalue weighted by molar-refractivity contribution is 0.378. The fraction of sp³-hybridized carbons (Fsp3) is 1.00. The van der Waals surface area contributed by atoms with E-state index < -0.39 is 9.84 Å². The molecule has 2 aliphatic carbocycles. The van der Waals surface area contributed by atoms with E-state index >= 15 is 0 Å². The smallest absolute Gasteiger partial charge is 0.157 e. The summed E-state index contributed by atoms with van der Waals surface area (Å²) in [6.45, 7) is 5.13. The molecular formula is C14H27NO2S. The minimum Gasteiger partial charge on any atom is -0.313 e. The number of rotatable bonds is 4. The molecule has 4 unspecified atom stereocenters. The zero-order valence-electron chi connectivity index (χ0n) is 11.7. The molecule has 0 aromatic heterocycles. The summed E-state index contributed by atoms with van der Waals surface area (Å²) in [5.41, 5.74) is 0. The average molecular weight is 273 g/mol. The van der Waals surface area contributed by atoms with E-state index in [9.17, 15) is 8.42 Å². The summed E-state index contributed by atoms with van der Waals surface area (Å²) < 4.78 is 25.6. The first-order valence-electron chi connectivity index (χ1n) is 7.51. The Hall–Kier alpha value is -0.0900. The first kappa shape index (κ1) is 14.3. The van der Waals surface area contributed by atoms with Crippen LogP contribution in [0.5, 0.6) is 0 Å². The molecule has 0 saturated heterocycles. The summed E-state index contributed by atoms with van der Waals surface area (Å²) in [7, 11) is -2.93. The van der Waals surface area contributed by atoms with Gasteiger partial charge in [0.1, 0.15) is 0 Å². The number of hydrogen-bond donors (Lipinski definition) is 1. The number of nitrogens with one attached hydrogen (secondary N) is 1. The Morgan fingerprint density at radius 2 is 1.83 bits per heavy atom. The van der Waals surface area contributed by atoms with Gasteiger partial charge >= 0.3 is 0 Å². The van der Waals surface area contributed by atoms with E-state index in [0.717, 1.165) is 45.1 Å². The predicted octanol–water partition coefficient (Wildman–Crippen LogP) is 2.51. The van der Waals surface area contributed by atoms with Gasteiger partial charge in [-0.05, 0) is 38.1 Å².